The highest BCUT2D eigenvalue weighted by molar-refractivity contribution is 8.21. The highest BCUT2D eigenvalue weighted by Gasteiger charge is 2.28. The Morgan fingerprint density at radius 3 is 1.67 bits per heavy atom. The molecule has 0 radical (unpaired) electrons. The SMILES string of the molecule is CCCCCCCCC(C)CS(OCC)(OCC)OCC. The highest BCUT2D eigenvalue weighted by atomic mass is 32.3. The highest BCUT2D eigenvalue weighted by Crippen LogP contribution is 2.53. The van der Waals surface area contributed by atoms with Crippen LogP contribution in [0, 0.1) is 5.92 Å². The van der Waals surface area contributed by atoms with Crippen LogP contribution in [0.4, 0.5) is 0 Å². The third-order valence-corrected chi connectivity index (χ3v) is 6.19. The molecule has 0 amide bonds. The number of unbranched alkanes of at least 4 members (excludes halogenated alkanes) is 5. The van der Waals surface area contributed by atoms with Gasteiger partial charge in [0.05, 0.1) is 30.7 Å². The fourth-order valence-corrected chi connectivity index (χ4v) is 4.92. The van der Waals surface area contributed by atoms with Crippen LogP contribution in [-0.4, -0.2) is 25.6 Å². The average molecular weight is 323 g/mol. The van der Waals surface area contributed by atoms with E-state index in [1.165, 1.54) is 44.9 Å². The van der Waals surface area contributed by atoms with Gasteiger partial charge in [-0.3, -0.25) is 12.5 Å². The van der Waals surface area contributed by atoms with Crippen LogP contribution in [0.15, 0.2) is 0 Å². The summed E-state index contributed by atoms with van der Waals surface area (Å²) in [7, 11) is -1.80. The molecule has 3 nitrogen and oxygen atoms in total. The standard InChI is InChI=1S/C17H38O3S/c1-6-10-11-12-13-14-15-17(5)16-21(18-7-2,19-8-3)20-9-4/h17H,6-16H2,1-5H3. The lowest BCUT2D eigenvalue weighted by atomic mass is 10.0. The molecule has 0 aliphatic heterocycles. The van der Waals surface area contributed by atoms with Crippen molar-refractivity contribution in [3.8, 4) is 0 Å². The Labute approximate surface area is 135 Å². The Morgan fingerprint density at radius 2 is 1.19 bits per heavy atom. The van der Waals surface area contributed by atoms with Crippen molar-refractivity contribution in [1.29, 1.82) is 0 Å². The molecule has 0 spiro atoms. The summed E-state index contributed by atoms with van der Waals surface area (Å²) in [5.41, 5.74) is 0. The normalized spacial score (nSPS) is 14.3. The van der Waals surface area contributed by atoms with Gasteiger partial charge in [0, 0.05) is 5.75 Å². The molecule has 130 valence electrons. The zero-order chi connectivity index (χ0) is 16.0. The number of rotatable bonds is 15. The minimum absolute atomic E-state index is 0.593. The average Bonchev–Trinajstić information content (AvgIpc) is 2.43. The Morgan fingerprint density at radius 1 is 0.714 bits per heavy atom. The van der Waals surface area contributed by atoms with E-state index in [2.05, 4.69) is 13.8 Å². The predicted octanol–water partition coefficient (Wildman–Crippen LogP) is 6.03. The van der Waals surface area contributed by atoms with E-state index in [1.807, 2.05) is 20.8 Å². The summed E-state index contributed by atoms with van der Waals surface area (Å²) < 4.78 is 17.6. The number of hydrogen-bond acceptors (Lipinski definition) is 3. The summed E-state index contributed by atoms with van der Waals surface area (Å²) >= 11 is 0. The smallest absolute Gasteiger partial charge is 0.0889 e. The summed E-state index contributed by atoms with van der Waals surface area (Å²) in [6.07, 6.45) is 9.36. The lowest BCUT2D eigenvalue weighted by Gasteiger charge is -2.38. The molecule has 0 aliphatic rings. The fraction of sp³-hybridized carbons (Fsp3) is 1.00. The second-order valence-electron chi connectivity index (χ2n) is 5.61. The Balaban J connectivity index is 4.10. The molecule has 4 heteroatoms. The molecule has 0 bridgehead atoms. The monoisotopic (exact) mass is 322 g/mol. The molecule has 0 rings (SSSR count). The zero-order valence-electron chi connectivity index (χ0n) is 15.0. The zero-order valence-corrected chi connectivity index (χ0v) is 15.8. The van der Waals surface area contributed by atoms with Gasteiger partial charge in [-0.2, -0.15) is 0 Å². The maximum absolute atomic E-state index is 5.88. The molecular formula is C17H38O3S. The molecule has 0 aromatic heterocycles. The lowest BCUT2D eigenvalue weighted by molar-refractivity contribution is 0.182. The Kier molecular flexibility index (Phi) is 14.0. The topological polar surface area (TPSA) is 27.7 Å². The van der Waals surface area contributed by atoms with Crippen molar-refractivity contribution < 1.29 is 12.5 Å². The third kappa shape index (κ3) is 10.6. The van der Waals surface area contributed by atoms with E-state index in [9.17, 15) is 0 Å². The predicted molar refractivity (Wildman–Crippen MR) is 94.5 cm³/mol. The van der Waals surface area contributed by atoms with E-state index in [-0.39, 0.29) is 0 Å². The van der Waals surface area contributed by atoms with Crippen molar-refractivity contribution in [1.82, 2.24) is 0 Å². The molecule has 0 heterocycles. The van der Waals surface area contributed by atoms with Gasteiger partial charge in [-0.15, -0.1) is 0 Å². The van der Waals surface area contributed by atoms with E-state index in [4.69, 9.17) is 12.5 Å². The van der Waals surface area contributed by atoms with Crippen molar-refractivity contribution in [2.24, 2.45) is 5.92 Å². The summed E-state index contributed by atoms with van der Waals surface area (Å²) in [5.74, 6) is 1.49. The summed E-state index contributed by atoms with van der Waals surface area (Å²) in [6.45, 7) is 12.6. The van der Waals surface area contributed by atoms with Gasteiger partial charge in [0.15, 0.2) is 0 Å². The minimum Gasteiger partial charge on any atom is -0.293 e. The second kappa shape index (κ2) is 13.9. The molecule has 1 atom stereocenters. The maximum Gasteiger partial charge on any atom is 0.0889 e. The first-order valence-corrected chi connectivity index (χ1v) is 10.5. The summed E-state index contributed by atoms with van der Waals surface area (Å²) in [5, 5.41) is 0. The second-order valence-corrected chi connectivity index (χ2v) is 7.76. The maximum atomic E-state index is 5.88. The lowest BCUT2D eigenvalue weighted by Crippen LogP contribution is -2.20. The van der Waals surface area contributed by atoms with Crippen LogP contribution in [0.5, 0.6) is 0 Å². The van der Waals surface area contributed by atoms with Crippen molar-refractivity contribution >= 4 is 10.9 Å². The molecule has 0 N–H and O–H groups in total. The van der Waals surface area contributed by atoms with E-state index >= 15 is 0 Å². The van der Waals surface area contributed by atoms with Crippen LogP contribution in [-0.2, 0) is 12.5 Å². The van der Waals surface area contributed by atoms with Crippen LogP contribution >= 0.6 is 10.9 Å². The first-order valence-electron chi connectivity index (χ1n) is 8.88. The molecule has 0 aromatic rings. The molecule has 0 fully saturated rings. The van der Waals surface area contributed by atoms with Gasteiger partial charge in [-0.1, -0.05) is 52.4 Å². The van der Waals surface area contributed by atoms with Crippen LogP contribution < -0.4 is 0 Å². The largest absolute Gasteiger partial charge is 0.293 e. The molecule has 0 aromatic carbocycles. The van der Waals surface area contributed by atoms with Crippen molar-refractivity contribution in [3.05, 3.63) is 0 Å². The first-order chi connectivity index (χ1) is 10.1. The van der Waals surface area contributed by atoms with Crippen molar-refractivity contribution in [2.45, 2.75) is 79.6 Å². The molecule has 0 aliphatic carbocycles. The number of hydrogen-bond donors (Lipinski definition) is 0. The van der Waals surface area contributed by atoms with Gasteiger partial charge >= 0.3 is 0 Å². The molecule has 0 saturated carbocycles. The van der Waals surface area contributed by atoms with Gasteiger partial charge in [0.2, 0.25) is 0 Å². The van der Waals surface area contributed by atoms with E-state index in [1.54, 1.807) is 0 Å². The third-order valence-electron chi connectivity index (χ3n) is 3.43. The minimum atomic E-state index is -1.80. The quantitative estimate of drug-likeness (QED) is 0.344. The summed E-state index contributed by atoms with van der Waals surface area (Å²) in [6, 6.07) is 0. The van der Waals surface area contributed by atoms with Gasteiger partial charge in [-0.05, 0) is 33.1 Å². The molecule has 0 saturated heterocycles. The van der Waals surface area contributed by atoms with Crippen LogP contribution in [0.2, 0.25) is 0 Å². The first kappa shape index (κ1) is 21.2. The van der Waals surface area contributed by atoms with Gasteiger partial charge < -0.3 is 0 Å². The van der Waals surface area contributed by atoms with Crippen molar-refractivity contribution in [3.63, 3.8) is 0 Å². The van der Waals surface area contributed by atoms with E-state index < -0.39 is 10.9 Å². The van der Waals surface area contributed by atoms with Crippen LogP contribution in [0.1, 0.15) is 79.6 Å². The van der Waals surface area contributed by atoms with Crippen LogP contribution in [0.25, 0.3) is 0 Å². The van der Waals surface area contributed by atoms with Gasteiger partial charge in [0.25, 0.3) is 0 Å². The van der Waals surface area contributed by atoms with Crippen molar-refractivity contribution in [2.75, 3.05) is 25.6 Å². The molecule has 1 unspecified atom stereocenters. The Hall–Kier alpha value is 0.230. The summed E-state index contributed by atoms with van der Waals surface area (Å²) in [4.78, 5) is 0. The molecule has 21 heavy (non-hydrogen) atoms. The fourth-order valence-electron chi connectivity index (χ4n) is 2.49. The van der Waals surface area contributed by atoms with E-state index in [0.29, 0.717) is 25.7 Å². The molecular weight excluding hydrogens is 284 g/mol. The Bertz CT molecular complexity index is 207. The van der Waals surface area contributed by atoms with Gasteiger partial charge in [-0.25, -0.2) is 0 Å². The van der Waals surface area contributed by atoms with E-state index in [0.717, 1.165) is 5.75 Å². The van der Waals surface area contributed by atoms with Gasteiger partial charge in [0.1, 0.15) is 0 Å². The van der Waals surface area contributed by atoms with Crippen LogP contribution in [0.3, 0.4) is 0 Å².